The van der Waals surface area contributed by atoms with Crippen molar-refractivity contribution in [2.75, 3.05) is 22.4 Å². The van der Waals surface area contributed by atoms with Crippen LogP contribution in [0.1, 0.15) is 29.5 Å². The summed E-state index contributed by atoms with van der Waals surface area (Å²) in [6.07, 6.45) is 5.64. The summed E-state index contributed by atoms with van der Waals surface area (Å²) < 4.78 is 25.8. The van der Waals surface area contributed by atoms with Gasteiger partial charge in [0.15, 0.2) is 0 Å². The Labute approximate surface area is 198 Å². The fourth-order valence-corrected chi connectivity index (χ4v) is 4.61. The van der Waals surface area contributed by atoms with E-state index in [4.69, 9.17) is 0 Å². The second kappa shape index (κ2) is 10.9. The van der Waals surface area contributed by atoms with Gasteiger partial charge in [-0.2, -0.15) is 0 Å². The van der Waals surface area contributed by atoms with E-state index in [1.165, 1.54) is 25.1 Å². The molecule has 1 amide bonds. The quantitative estimate of drug-likeness (QED) is 0.343. The highest BCUT2D eigenvalue weighted by atomic mass is 32.2. The van der Waals surface area contributed by atoms with Crippen molar-refractivity contribution in [1.29, 1.82) is 0 Å². The van der Waals surface area contributed by atoms with Crippen molar-refractivity contribution in [1.82, 2.24) is 4.98 Å². The average Bonchev–Trinajstić information content (AvgIpc) is 2.78. The second-order valence-electron chi connectivity index (χ2n) is 7.89. The summed E-state index contributed by atoms with van der Waals surface area (Å²) in [6, 6.07) is 15.7. The van der Waals surface area contributed by atoms with Crippen molar-refractivity contribution in [2.24, 2.45) is 0 Å². The standard InChI is InChI=1S/C24H26N4O5S/c1-18-22(5-3-6-23(18)28(30)31)27(34(2,32)33)16-4-7-24(29)26-21-10-8-19(9-11-21)17-20-12-14-25-15-13-20/h3,5-6,8-15H,4,7,16-17H2,1-2H3,(H,26,29). The highest BCUT2D eigenvalue weighted by Gasteiger charge is 2.23. The molecule has 3 rings (SSSR count). The highest BCUT2D eigenvalue weighted by Crippen LogP contribution is 2.30. The average molecular weight is 483 g/mol. The number of aromatic nitrogens is 1. The van der Waals surface area contributed by atoms with E-state index in [2.05, 4.69) is 10.3 Å². The summed E-state index contributed by atoms with van der Waals surface area (Å²) in [5.74, 6) is -0.244. The van der Waals surface area contributed by atoms with Gasteiger partial charge in [-0.1, -0.05) is 18.2 Å². The summed E-state index contributed by atoms with van der Waals surface area (Å²) >= 11 is 0. The number of rotatable bonds is 10. The maximum absolute atomic E-state index is 12.4. The summed E-state index contributed by atoms with van der Waals surface area (Å²) in [5.41, 5.74) is 3.23. The van der Waals surface area contributed by atoms with E-state index in [9.17, 15) is 23.3 Å². The number of carbonyl (C=O) groups is 1. The van der Waals surface area contributed by atoms with Gasteiger partial charge in [-0.15, -0.1) is 0 Å². The van der Waals surface area contributed by atoms with Gasteiger partial charge in [-0.05, 0) is 61.2 Å². The van der Waals surface area contributed by atoms with Crippen molar-refractivity contribution >= 4 is 33.0 Å². The Morgan fingerprint density at radius 1 is 1.06 bits per heavy atom. The number of hydrogen-bond acceptors (Lipinski definition) is 6. The molecular formula is C24H26N4O5S. The third-order valence-corrected chi connectivity index (χ3v) is 6.48. The Kier molecular flexibility index (Phi) is 7.95. The van der Waals surface area contributed by atoms with Crippen LogP contribution in [0.25, 0.3) is 0 Å². The number of nitrogens with one attached hydrogen (secondary N) is 1. The largest absolute Gasteiger partial charge is 0.326 e. The van der Waals surface area contributed by atoms with Gasteiger partial charge < -0.3 is 5.32 Å². The number of nitrogens with zero attached hydrogens (tertiary/aromatic N) is 3. The molecule has 1 N–H and O–H groups in total. The Morgan fingerprint density at radius 3 is 2.32 bits per heavy atom. The molecule has 0 saturated carbocycles. The van der Waals surface area contributed by atoms with Gasteiger partial charge in [-0.25, -0.2) is 8.42 Å². The summed E-state index contributed by atoms with van der Waals surface area (Å²) in [6.45, 7) is 1.54. The highest BCUT2D eigenvalue weighted by molar-refractivity contribution is 7.92. The SMILES string of the molecule is Cc1c(N(CCCC(=O)Nc2ccc(Cc3ccncc3)cc2)S(C)(=O)=O)cccc1[N+](=O)[O-]. The van der Waals surface area contributed by atoms with Crippen molar-refractivity contribution in [3.8, 4) is 0 Å². The van der Waals surface area contributed by atoms with E-state index >= 15 is 0 Å². The van der Waals surface area contributed by atoms with Crippen molar-refractivity contribution in [2.45, 2.75) is 26.2 Å². The van der Waals surface area contributed by atoms with Gasteiger partial charge in [0.25, 0.3) is 5.69 Å². The molecule has 0 aliphatic rings. The lowest BCUT2D eigenvalue weighted by Crippen LogP contribution is -2.32. The molecule has 1 heterocycles. The van der Waals surface area contributed by atoms with Gasteiger partial charge in [-0.3, -0.25) is 24.2 Å². The predicted octanol–water partition coefficient (Wildman–Crippen LogP) is 4.07. The fraction of sp³-hybridized carbons (Fsp3) is 0.250. The molecular weight excluding hydrogens is 456 g/mol. The number of carbonyl (C=O) groups excluding carboxylic acids is 1. The van der Waals surface area contributed by atoms with Gasteiger partial charge >= 0.3 is 0 Å². The van der Waals surface area contributed by atoms with E-state index in [-0.39, 0.29) is 42.2 Å². The summed E-state index contributed by atoms with van der Waals surface area (Å²) in [4.78, 5) is 27.1. The lowest BCUT2D eigenvalue weighted by Gasteiger charge is -2.24. The molecule has 0 atom stereocenters. The third-order valence-electron chi connectivity index (χ3n) is 5.30. The molecule has 0 saturated heterocycles. The molecule has 0 aliphatic carbocycles. The van der Waals surface area contributed by atoms with Crippen LogP contribution in [0.4, 0.5) is 17.1 Å². The molecule has 0 bridgehead atoms. The number of nitro groups is 1. The molecule has 0 unspecified atom stereocenters. The minimum atomic E-state index is -3.70. The maximum Gasteiger partial charge on any atom is 0.274 e. The molecule has 0 fully saturated rings. The molecule has 9 nitrogen and oxygen atoms in total. The van der Waals surface area contributed by atoms with Crippen molar-refractivity contribution in [3.05, 3.63) is 93.8 Å². The Bertz CT molecular complexity index is 1260. The van der Waals surface area contributed by atoms with Crippen LogP contribution < -0.4 is 9.62 Å². The van der Waals surface area contributed by atoms with E-state index in [1.807, 2.05) is 36.4 Å². The molecule has 178 valence electrons. The number of benzene rings is 2. The van der Waals surface area contributed by atoms with Crippen molar-refractivity contribution < 1.29 is 18.1 Å². The minimum absolute atomic E-state index is 0.0269. The van der Waals surface area contributed by atoms with E-state index in [0.717, 1.165) is 28.1 Å². The lowest BCUT2D eigenvalue weighted by atomic mass is 10.1. The van der Waals surface area contributed by atoms with Gasteiger partial charge in [0, 0.05) is 37.1 Å². The smallest absolute Gasteiger partial charge is 0.274 e. The Hall–Kier alpha value is -3.79. The number of amides is 1. The second-order valence-corrected chi connectivity index (χ2v) is 9.80. The van der Waals surface area contributed by atoms with E-state index in [1.54, 1.807) is 12.4 Å². The van der Waals surface area contributed by atoms with Crippen LogP contribution in [0.15, 0.2) is 67.0 Å². The van der Waals surface area contributed by atoms with E-state index in [0.29, 0.717) is 5.69 Å². The first-order valence-corrected chi connectivity index (χ1v) is 12.5. The first kappa shape index (κ1) is 24.8. The fourth-order valence-electron chi connectivity index (χ4n) is 3.59. The Balaban J connectivity index is 1.58. The van der Waals surface area contributed by atoms with Gasteiger partial charge in [0.2, 0.25) is 15.9 Å². The summed E-state index contributed by atoms with van der Waals surface area (Å²) in [7, 11) is -3.70. The topological polar surface area (TPSA) is 123 Å². The van der Waals surface area contributed by atoms with Crippen LogP contribution in [-0.2, 0) is 21.2 Å². The number of anilines is 2. The van der Waals surface area contributed by atoms with Crippen LogP contribution in [0.5, 0.6) is 0 Å². The Morgan fingerprint density at radius 2 is 1.71 bits per heavy atom. The zero-order valence-corrected chi connectivity index (χ0v) is 19.8. The first-order valence-electron chi connectivity index (χ1n) is 10.6. The molecule has 2 aromatic carbocycles. The number of hydrogen-bond donors (Lipinski definition) is 1. The van der Waals surface area contributed by atoms with Crippen LogP contribution in [0.3, 0.4) is 0 Å². The monoisotopic (exact) mass is 482 g/mol. The van der Waals surface area contributed by atoms with Crippen LogP contribution in [0.2, 0.25) is 0 Å². The van der Waals surface area contributed by atoms with Crippen LogP contribution >= 0.6 is 0 Å². The normalized spacial score (nSPS) is 11.1. The molecule has 0 spiro atoms. The van der Waals surface area contributed by atoms with Gasteiger partial charge in [0.05, 0.1) is 22.4 Å². The molecule has 1 aromatic heterocycles. The first-order chi connectivity index (χ1) is 16.1. The molecule has 10 heteroatoms. The minimum Gasteiger partial charge on any atom is -0.326 e. The van der Waals surface area contributed by atoms with Crippen LogP contribution in [-0.4, -0.2) is 37.0 Å². The molecule has 0 radical (unpaired) electrons. The zero-order chi connectivity index (χ0) is 24.7. The van der Waals surface area contributed by atoms with Crippen molar-refractivity contribution in [3.63, 3.8) is 0 Å². The number of sulfonamides is 1. The van der Waals surface area contributed by atoms with E-state index < -0.39 is 14.9 Å². The zero-order valence-electron chi connectivity index (χ0n) is 19.0. The number of pyridine rings is 1. The summed E-state index contributed by atoms with van der Waals surface area (Å²) in [5, 5.41) is 14.0. The lowest BCUT2D eigenvalue weighted by molar-refractivity contribution is -0.385. The molecule has 0 aliphatic heterocycles. The molecule has 34 heavy (non-hydrogen) atoms. The van der Waals surface area contributed by atoms with Crippen LogP contribution in [0, 0.1) is 17.0 Å². The predicted molar refractivity (Wildman–Crippen MR) is 131 cm³/mol. The number of nitro benzene ring substituents is 1. The maximum atomic E-state index is 12.4. The molecule has 3 aromatic rings. The third kappa shape index (κ3) is 6.61. The van der Waals surface area contributed by atoms with Gasteiger partial charge in [0.1, 0.15) is 0 Å².